The predicted octanol–water partition coefficient (Wildman–Crippen LogP) is 2.23. The fourth-order valence-electron chi connectivity index (χ4n) is 2.06. The molecule has 1 N–H and O–H groups in total. The highest BCUT2D eigenvalue weighted by Crippen LogP contribution is 2.08. The quantitative estimate of drug-likeness (QED) is 0.790. The van der Waals surface area contributed by atoms with E-state index < -0.39 is 0 Å². The molecule has 0 aliphatic carbocycles. The fourth-order valence-corrected chi connectivity index (χ4v) is 2.06. The van der Waals surface area contributed by atoms with Gasteiger partial charge in [-0.1, -0.05) is 30.3 Å². The van der Waals surface area contributed by atoms with Gasteiger partial charge in [-0.15, -0.1) is 0 Å². The van der Waals surface area contributed by atoms with E-state index in [2.05, 4.69) is 15.3 Å². The minimum absolute atomic E-state index is 0.184. The zero-order valence-corrected chi connectivity index (χ0v) is 10.9. The van der Waals surface area contributed by atoms with Crippen molar-refractivity contribution in [1.82, 2.24) is 19.9 Å². The van der Waals surface area contributed by atoms with E-state index in [1.165, 1.54) is 16.5 Å². The third kappa shape index (κ3) is 2.51. The van der Waals surface area contributed by atoms with E-state index in [0.717, 1.165) is 6.42 Å². The second-order valence-electron chi connectivity index (χ2n) is 4.43. The molecule has 2 heterocycles. The molecule has 5 nitrogen and oxygen atoms in total. The number of rotatable bonds is 3. The maximum absolute atomic E-state index is 12.1. The number of aromatic nitrogens is 3. The maximum Gasteiger partial charge on any atom is 0.327 e. The van der Waals surface area contributed by atoms with Gasteiger partial charge in [-0.05, 0) is 24.1 Å². The number of hydrogen-bond acceptors (Lipinski definition) is 3. The van der Waals surface area contributed by atoms with Gasteiger partial charge in [0.1, 0.15) is 6.33 Å². The molecule has 0 saturated carbocycles. The first kappa shape index (κ1) is 12.3. The Morgan fingerprint density at radius 1 is 1.10 bits per heavy atom. The smallest absolute Gasteiger partial charge is 0.327 e. The van der Waals surface area contributed by atoms with Gasteiger partial charge in [-0.2, -0.15) is 0 Å². The van der Waals surface area contributed by atoms with Gasteiger partial charge < -0.3 is 5.32 Å². The van der Waals surface area contributed by atoms with Crippen molar-refractivity contribution < 1.29 is 4.79 Å². The van der Waals surface area contributed by atoms with Crippen LogP contribution in [0.4, 0.5) is 4.79 Å². The highest BCUT2D eigenvalue weighted by Gasteiger charge is 2.09. The van der Waals surface area contributed by atoms with E-state index in [4.69, 9.17) is 0 Å². The summed E-state index contributed by atoms with van der Waals surface area (Å²) in [4.78, 5) is 20.3. The molecular formula is C15H14N4O. The van der Waals surface area contributed by atoms with Crippen LogP contribution >= 0.6 is 0 Å². The molecule has 0 spiro atoms. The first-order chi connectivity index (χ1) is 9.84. The molecule has 0 aliphatic rings. The van der Waals surface area contributed by atoms with Crippen LogP contribution in [0.2, 0.25) is 0 Å². The van der Waals surface area contributed by atoms with Crippen molar-refractivity contribution in [2.45, 2.75) is 6.42 Å². The zero-order chi connectivity index (χ0) is 13.8. The summed E-state index contributed by atoms with van der Waals surface area (Å²) in [6, 6.07) is 13.5. The molecule has 100 valence electrons. The van der Waals surface area contributed by atoms with Crippen LogP contribution < -0.4 is 5.32 Å². The van der Waals surface area contributed by atoms with E-state index in [9.17, 15) is 4.79 Å². The fraction of sp³-hybridized carbons (Fsp3) is 0.133. The van der Waals surface area contributed by atoms with E-state index in [1.54, 1.807) is 12.3 Å². The summed E-state index contributed by atoms with van der Waals surface area (Å²) in [7, 11) is 0. The van der Waals surface area contributed by atoms with Crippen LogP contribution in [0.25, 0.3) is 11.2 Å². The molecule has 0 aliphatic heterocycles. The van der Waals surface area contributed by atoms with Crippen LogP contribution in [-0.2, 0) is 6.42 Å². The van der Waals surface area contributed by atoms with Gasteiger partial charge in [-0.3, -0.25) is 0 Å². The SMILES string of the molecule is O=C(NCCc1ccccc1)n1cnc2ncccc21. The standard InChI is InChI=1S/C15H14N4O/c20-15(17-10-8-12-5-2-1-3-6-12)19-11-18-14-13(19)7-4-9-16-14/h1-7,9,11H,8,10H2,(H,17,20). The number of amides is 1. The highest BCUT2D eigenvalue weighted by molar-refractivity contribution is 5.87. The summed E-state index contributed by atoms with van der Waals surface area (Å²) in [5.41, 5.74) is 2.49. The summed E-state index contributed by atoms with van der Waals surface area (Å²) in [6.07, 6.45) is 3.96. The Hall–Kier alpha value is -2.69. The number of pyridine rings is 1. The van der Waals surface area contributed by atoms with Gasteiger partial charge in [0.05, 0.1) is 5.52 Å². The minimum atomic E-state index is -0.184. The number of carbonyl (C=O) groups excluding carboxylic acids is 1. The first-order valence-corrected chi connectivity index (χ1v) is 6.45. The molecule has 1 amide bonds. The molecule has 0 fully saturated rings. The molecule has 3 aromatic rings. The van der Waals surface area contributed by atoms with Crippen molar-refractivity contribution in [3.05, 3.63) is 60.6 Å². The summed E-state index contributed by atoms with van der Waals surface area (Å²) in [6.45, 7) is 0.586. The number of fused-ring (bicyclic) bond motifs is 1. The van der Waals surface area contributed by atoms with Gasteiger partial charge >= 0.3 is 6.03 Å². The Morgan fingerprint density at radius 3 is 2.80 bits per heavy atom. The van der Waals surface area contributed by atoms with Gasteiger partial charge in [0, 0.05) is 12.7 Å². The summed E-state index contributed by atoms with van der Waals surface area (Å²) >= 11 is 0. The molecule has 0 atom stereocenters. The molecule has 0 unspecified atom stereocenters. The average Bonchev–Trinajstić information content (AvgIpc) is 2.92. The van der Waals surface area contributed by atoms with Crippen LogP contribution in [0.3, 0.4) is 0 Å². The Bertz CT molecular complexity index is 721. The Balaban J connectivity index is 1.65. The third-order valence-corrected chi connectivity index (χ3v) is 3.07. The van der Waals surface area contributed by atoms with Crippen LogP contribution in [0.15, 0.2) is 55.0 Å². The number of nitrogens with zero attached hydrogens (tertiary/aromatic N) is 3. The normalized spacial score (nSPS) is 10.6. The Kier molecular flexibility index (Phi) is 3.41. The van der Waals surface area contributed by atoms with Crippen molar-refractivity contribution in [2.24, 2.45) is 0 Å². The molecular weight excluding hydrogens is 252 g/mol. The van der Waals surface area contributed by atoms with Crippen LogP contribution in [0.5, 0.6) is 0 Å². The highest BCUT2D eigenvalue weighted by atomic mass is 16.2. The lowest BCUT2D eigenvalue weighted by atomic mass is 10.1. The number of carbonyl (C=O) groups is 1. The van der Waals surface area contributed by atoms with Crippen molar-refractivity contribution in [1.29, 1.82) is 0 Å². The van der Waals surface area contributed by atoms with E-state index in [-0.39, 0.29) is 6.03 Å². The largest absolute Gasteiger partial charge is 0.337 e. The van der Waals surface area contributed by atoms with Crippen LogP contribution in [-0.4, -0.2) is 27.1 Å². The van der Waals surface area contributed by atoms with Gasteiger partial charge in [0.15, 0.2) is 5.65 Å². The van der Waals surface area contributed by atoms with Crippen molar-refractivity contribution in [3.63, 3.8) is 0 Å². The second-order valence-corrected chi connectivity index (χ2v) is 4.43. The third-order valence-electron chi connectivity index (χ3n) is 3.07. The minimum Gasteiger partial charge on any atom is -0.337 e. The van der Waals surface area contributed by atoms with Crippen LogP contribution in [0.1, 0.15) is 5.56 Å². The summed E-state index contributed by atoms with van der Waals surface area (Å²) in [5.74, 6) is 0. The zero-order valence-electron chi connectivity index (χ0n) is 10.9. The van der Waals surface area contributed by atoms with Gasteiger partial charge in [0.2, 0.25) is 0 Å². The van der Waals surface area contributed by atoms with Crippen molar-refractivity contribution in [3.8, 4) is 0 Å². The number of hydrogen-bond donors (Lipinski definition) is 1. The van der Waals surface area contributed by atoms with Gasteiger partial charge in [0.25, 0.3) is 0 Å². The van der Waals surface area contributed by atoms with E-state index >= 15 is 0 Å². The van der Waals surface area contributed by atoms with E-state index in [0.29, 0.717) is 17.7 Å². The molecule has 2 aromatic heterocycles. The number of imidazole rings is 1. The number of nitrogens with one attached hydrogen (secondary N) is 1. The topological polar surface area (TPSA) is 59.8 Å². The predicted molar refractivity (Wildman–Crippen MR) is 76.5 cm³/mol. The van der Waals surface area contributed by atoms with E-state index in [1.807, 2.05) is 36.4 Å². The lowest BCUT2D eigenvalue weighted by molar-refractivity contribution is 0.243. The molecule has 5 heteroatoms. The second kappa shape index (κ2) is 5.52. The van der Waals surface area contributed by atoms with Crippen molar-refractivity contribution in [2.75, 3.05) is 6.54 Å². The Morgan fingerprint density at radius 2 is 1.95 bits per heavy atom. The number of benzene rings is 1. The molecule has 3 rings (SSSR count). The lowest BCUT2D eigenvalue weighted by Gasteiger charge is -2.06. The summed E-state index contributed by atoms with van der Waals surface area (Å²) in [5, 5.41) is 2.88. The van der Waals surface area contributed by atoms with Crippen LogP contribution in [0, 0.1) is 0 Å². The first-order valence-electron chi connectivity index (χ1n) is 6.45. The molecule has 0 bridgehead atoms. The summed E-state index contributed by atoms with van der Waals surface area (Å²) < 4.78 is 1.48. The molecule has 20 heavy (non-hydrogen) atoms. The van der Waals surface area contributed by atoms with Gasteiger partial charge in [-0.25, -0.2) is 19.3 Å². The molecule has 1 aromatic carbocycles. The molecule has 0 radical (unpaired) electrons. The average molecular weight is 266 g/mol. The molecule has 0 saturated heterocycles. The Labute approximate surface area is 116 Å². The lowest BCUT2D eigenvalue weighted by Crippen LogP contribution is -2.29. The monoisotopic (exact) mass is 266 g/mol. The maximum atomic E-state index is 12.1. The van der Waals surface area contributed by atoms with Crippen molar-refractivity contribution >= 4 is 17.2 Å².